The second-order valence-corrected chi connectivity index (χ2v) is 5.96. The Morgan fingerprint density at radius 3 is 2.50 bits per heavy atom. The third kappa shape index (κ3) is 2.94. The summed E-state index contributed by atoms with van der Waals surface area (Å²) < 4.78 is 16.8. The Bertz CT molecular complexity index is 727. The molecule has 0 aliphatic carbocycles. The number of aryl methyl sites for hydroxylation is 1. The first-order chi connectivity index (χ1) is 11.7. The maximum Gasteiger partial charge on any atom is 0.164 e. The molecule has 0 saturated carbocycles. The van der Waals surface area contributed by atoms with Crippen molar-refractivity contribution in [3.8, 4) is 17.2 Å². The molecule has 1 heterocycles. The summed E-state index contributed by atoms with van der Waals surface area (Å²) in [4.78, 5) is 0. The number of benzene rings is 2. The second-order valence-electron chi connectivity index (χ2n) is 5.96. The molecule has 1 aliphatic heterocycles. The summed E-state index contributed by atoms with van der Waals surface area (Å²) in [5.41, 5.74) is 4.88. The fourth-order valence-corrected chi connectivity index (χ4v) is 3.44. The number of hydrogen-bond acceptors (Lipinski definition) is 4. The zero-order valence-electron chi connectivity index (χ0n) is 14.8. The van der Waals surface area contributed by atoms with Gasteiger partial charge in [0, 0.05) is 12.1 Å². The van der Waals surface area contributed by atoms with Crippen molar-refractivity contribution in [1.82, 2.24) is 5.32 Å². The van der Waals surface area contributed by atoms with E-state index in [1.165, 1.54) is 16.7 Å². The molecule has 24 heavy (non-hydrogen) atoms. The van der Waals surface area contributed by atoms with E-state index in [0.29, 0.717) is 6.61 Å². The second kappa shape index (κ2) is 7.14. The summed E-state index contributed by atoms with van der Waals surface area (Å²) in [5, 5.41) is 3.63. The lowest BCUT2D eigenvalue weighted by molar-refractivity contribution is 0.305. The van der Waals surface area contributed by atoms with Crippen LogP contribution in [-0.4, -0.2) is 27.4 Å². The Kier molecular flexibility index (Phi) is 4.95. The van der Waals surface area contributed by atoms with E-state index in [9.17, 15) is 0 Å². The van der Waals surface area contributed by atoms with Gasteiger partial charge in [-0.15, -0.1) is 0 Å². The largest absolute Gasteiger partial charge is 0.496 e. The number of fused-ring (bicyclic) bond motifs is 1. The molecule has 3 rings (SSSR count). The van der Waals surface area contributed by atoms with Crippen molar-refractivity contribution in [3.63, 3.8) is 0 Å². The molecular weight excluding hydrogens is 302 g/mol. The molecular formula is C20H25NO3. The first-order valence-corrected chi connectivity index (χ1v) is 8.40. The zero-order valence-corrected chi connectivity index (χ0v) is 14.8. The minimum Gasteiger partial charge on any atom is -0.496 e. The molecule has 4 heteroatoms. The Hall–Kier alpha value is -2.20. The fourth-order valence-electron chi connectivity index (χ4n) is 3.44. The van der Waals surface area contributed by atoms with Gasteiger partial charge >= 0.3 is 0 Å². The molecule has 0 amide bonds. The Balaban J connectivity index is 2.06. The zero-order chi connectivity index (χ0) is 17.1. The van der Waals surface area contributed by atoms with Crippen molar-refractivity contribution in [3.05, 3.63) is 52.6 Å². The van der Waals surface area contributed by atoms with Gasteiger partial charge < -0.3 is 19.5 Å². The van der Waals surface area contributed by atoms with Crippen molar-refractivity contribution < 1.29 is 14.2 Å². The van der Waals surface area contributed by atoms with E-state index < -0.39 is 0 Å². The van der Waals surface area contributed by atoms with Gasteiger partial charge in [-0.1, -0.05) is 18.2 Å². The van der Waals surface area contributed by atoms with Crippen molar-refractivity contribution in [2.45, 2.75) is 26.3 Å². The van der Waals surface area contributed by atoms with Crippen LogP contribution in [0.3, 0.4) is 0 Å². The van der Waals surface area contributed by atoms with Crippen molar-refractivity contribution in [2.24, 2.45) is 0 Å². The first kappa shape index (κ1) is 16.7. The standard InChI is InChI=1S/C20H25NO3/c1-5-24-20-16-10-11-21-19(15(16)7-9-18(20)23-4)14-6-8-17(22-3)13(2)12-14/h6-9,12,19,21H,5,10-11H2,1-4H3. The summed E-state index contributed by atoms with van der Waals surface area (Å²) in [6.45, 7) is 5.62. The summed E-state index contributed by atoms with van der Waals surface area (Å²) in [5.74, 6) is 2.61. The van der Waals surface area contributed by atoms with Crippen LogP contribution in [0.4, 0.5) is 0 Å². The molecule has 0 bridgehead atoms. The van der Waals surface area contributed by atoms with Crippen molar-refractivity contribution in [1.29, 1.82) is 0 Å². The van der Waals surface area contributed by atoms with Crippen LogP contribution >= 0.6 is 0 Å². The van der Waals surface area contributed by atoms with Crippen LogP contribution in [0.1, 0.15) is 35.2 Å². The third-order valence-electron chi connectivity index (χ3n) is 4.56. The summed E-state index contributed by atoms with van der Waals surface area (Å²) in [6, 6.07) is 10.7. The molecule has 128 valence electrons. The quantitative estimate of drug-likeness (QED) is 0.910. The SMILES string of the molecule is CCOc1c(OC)ccc2c1CCNC2c1ccc(OC)c(C)c1. The molecule has 2 aromatic rings. The Labute approximate surface area is 143 Å². The molecule has 0 aromatic heterocycles. The highest BCUT2D eigenvalue weighted by atomic mass is 16.5. The Morgan fingerprint density at radius 1 is 1.08 bits per heavy atom. The number of hydrogen-bond donors (Lipinski definition) is 1. The van der Waals surface area contributed by atoms with Crippen LogP contribution in [-0.2, 0) is 6.42 Å². The predicted molar refractivity (Wildman–Crippen MR) is 95.4 cm³/mol. The molecule has 1 N–H and O–H groups in total. The predicted octanol–water partition coefficient (Wildman–Crippen LogP) is 3.65. The van der Waals surface area contributed by atoms with E-state index in [0.717, 1.165) is 35.8 Å². The highest BCUT2D eigenvalue weighted by Crippen LogP contribution is 2.40. The Morgan fingerprint density at radius 2 is 1.83 bits per heavy atom. The fraction of sp³-hybridized carbons (Fsp3) is 0.400. The maximum absolute atomic E-state index is 5.90. The minimum absolute atomic E-state index is 0.156. The van der Waals surface area contributed by atoms with E-state index in [-0.39, 0.29) is 6.04 Å². The van der Waals surface area contributed by atoms with Gasteiger partial charge in [-0.3, -0.25) is 0 Å². The van der Waals surface area contributed by atoms with Crippen LogP contribution in [0, 0.1) is 6.92 Å². The molecule has 1 aliphatic rings. The average Bonchev–Trinajstić information content (AvgIpc) is 2.61. The molecule has 0 saturated heterocycles. The summed E-state index contributed by atoms with van der Waals surface area (Å²) in [6.07, 6.45) is 0.938. The van der Waals surface area contributed by atoms with Crippen LogP contribution < -0.4 is 19.5 Å². The van der Waals surface area contributed by atoms with Crippen LogP contribution in [0.2, 0.25) is 0 Å². The average molecular weight is 327 g/mol. The van der Waals surface area contributed by atoms with Gasteiger partial charge in [0.25, 0.3) is 0 Å². The molecule has 1 atom stereocenters. The number of methoxy groups -OCH3 is 2. The molecule has 0 fully saturated rings. The lowest BCUT2D eigenvalue weighted by atomic mass is 9.88. The van der Waals surface area contributed by atoms with E-state index in [4.69, 9.17) is 14.2 Å². The number of rotatable bonds is 5. The number of ether oxygens (including phenoxy) is 3. The van der Waals surface area contributed by atoms with Crippen LogP contribution in [0.15, 0.2) is 30.3 Å². The molecule has 2 aromatic carbocycles. The van der Waals surface area contributed by atoms with Gasteiger partial charge in [0.2, 0.25) is 0 Å². The highest BCUT2D eigenvalue weighted by Gasteiger charge is 2.26. The van der Waals surface area contributed by atoms with Gasteiger partial charge in [0.05, 0.1) is 26.9 Å². The van der Waals surface area contributed by atoms with E-state index in [1.807, 2.05) is 19.1 Å². The summed E-state index contributed by atoms with van der Waals surface area (Å²) in [7, 11) is 3.40. The summed E-state index contributed by atoms with van der Waals surface area (Å²) >= 11 is 0. The monoisotopic (exact) mass is 327 g/mol. The van der Waals surface area contributed by atoms with Gasteiger partial charge in [0.1, 0.15) is 5.75 Å². The van der Waals surface area contributed by atoms with E-state index in [1.54, 1.807) is 14.2 Å². The van der Waals surface area contributed by atoms with Crippen molar-refractivity contribution >= 4 is 0 Å². The lowest BCUT2D eigenvalue weighted by Crippen LogP contribution is -2.31. The van der Waals surface area contributed by atoms with Gasteiger partial charge in [-0.25, -0.2) is 0 Å². The van der Waals surface area contributed by atoms with E-state index >= 15 is 0 Å². The normalized spacial score (nSPS) is 16.4. The first-order valence-electron chi connectivity index (χ1n) is 8.40. The topological polar surface area (TPSA) is 39.7 Å². The molecule has 1 unspecified atom stereocenters. The van der Waals surface area contributed by atoms with Gasteiger partial charge in [-0.05, 0) is 49.1 Å². The molecule has 4 nitrogen and oxygen atoms in total. The third-order valence-corrected chi connectivity index (χ3v) is 4.56. The molecule has 0 radical (unpaired) electrons. The van der Waals surface area contributed by atoms with Crippen molar-refractivity contribution in [2.75, 3.05) is 27.4 Å². The molecule has 0 spiro atoms. The number of nitrogens with one attached hydrogen (secondary N) is 1. The van der Waals surface area contributed by atoms with Crippen LogP contribution in [0.5, 0.6) is 17.2 Å². The van der Waals surface area contributed by atoms with Gasteiger partial charge in [-0.2, -0.15) is 0 Å². The highest BCUT2D eigenvalue weighted by molar-refractivity contribution is 5.55. The van der Waals surface area contributed by atoms with Crippen LogP contribution in [0.25, 0.3) is 0 Å². The van der Waals surface area contributed by atoms with E-state index in [2.05, 4.69) is 30.4 Å². The maximum atomic E-state index is 5.90. The minimum atomic E-state index is 0.156. The van der Waals surface area contributed by atoms with Gasteiger partial charge in [0.15, 0.2) is 11.5 Å². The smallest absolute Gasteiger partial charge is 0.164 e. The lowest BCUT2D eigenvalue weighted by Gasteiger charge is -2.30.